The van der Waals surface area contributed by atoms with Crippen molar-refractivity contribution in [2.45, 2.75) is 18.0 Å². The Hall–Kier alpha value is -2.80. The molecule has 0 fully saturated rings. The maximum atomic E-state index is 13.0. The standard InChI is InChI=1S/C19H19F3N4O4S2/c1-5-32(29,30)15-8-11(18(27)25-31(3,4)28)6-7-13(15)16-24-14-9-12(19(20,21)22)10-23-17(14)26(16)2/h6-10H,5H2,1-4H3. The number of carbonyl (C=O) groups is 1. The number of nitrogens with zero attached hydrogens (tertiary/aromatic N) is 4. The largest absolute Gasteiger partial charge is 0.417 e. The van der Waals surface area contributed by atoms with Crippen LogP contribution in [0, 0.1) is 0 Å². The molecule has 1 aromatic carbocycles. The second-order valence-corrected chi connectivity index (χ2v) is 12.0. The predicted molar refractivity (Wildman–Crippen MR) is 113 cm³/mol. The Morgan fingerprint density at radius 3 is 2.38 bits per heavy atom. The summed E-state index contributed by atoms with van der Waals surface area (Å²) in [6, 6.07) is 4.56. The van der Waals surface area contributed by atoms with Gasteiger partial charge in [-0.05, 0) is 24.3 Å². The molecule has 0 unspecified atom stereocenters. The molecular weight excluding hydrogens is 469 g/mol. The molecule has 0 bridgehead atoms. The average molecular weight is 489 g/mol. The SMILES string of the molecule is CCS(=O)(=O)c1cc(C(=O)N=S(C)(C)=O)ccc1-c1nc2cc(C(F)(F)F)cnc2n1C. The number of carbonyl (C=O) groups excluding carboxylic acids is 1. The van der Waals surface area contributed by atoms with E-state index in [0.29, 0.717) is 6.20 Å². The Labute approximate surface area is 182 Å². The van der Waals surface area contributed by atoms with Crippen molar-refractivity contribution in [2.24, 2.45) is 11.4 Å². The molecule has 172 valence electrons. The second kappa shape index (κ2) is 7.96. The quantitative estimate of drug-likeness (QED) is 0.557. The third-order valence-electron chi connectivity index (χ3n) is 4.52. The average Bonchev–Trinajstić information content (AvgIpc) is 3.01. The number of amides is 1. The molecule has 32 heavy (non-hydrogen) atoms. The van der Waals surface area contributed by atoms with Crippen molar-refractivity contribution in [1.82, 2.24) is 14.5 Å². The molecule has 13 heteroatoms. The number of pyridine rings is 1. The molecular formula is C19H19F3N4O4S2. The molecule has 0 saturated carbocycles. The van der Waals surface area contributed by atoms with Crippen LogP contribution in [-0.4, -0.2) is 51.3 Å². The number of halogens is 3. The highest BCUT2D eigenvalue weighted by Gasteiger charge is 2.32. The van der Waals surface area contributed by atoms with Gasteiger partial charge in [-0.15, -0.1) is 0 Å². The van der Waals surface area contributed by atoms with Crippen molar-refractivity contribution in [3.8, 4) is 11.4 Å². The summed E-state index contributed by atoms with van der Waals surface area (Å²) in [5, 5.41) is 0. The molecule has 0 spiro atoms. The van der Waals surface area contributed by atoms with E-state index in [1.54, 1.807) is 0 Å². The van der Waals surface area contributed by atoms with E-state index in [-0.39, 0.29) is 38.8 Å². The van der Waals surface area contributed by atoms with Crippen LogP contribution in [0.2, 0.25) is 0 Å². The van der Waals surface area contributed by atoms with Gasteiger partial charge in [0.05, 0.1) is 16.2 Å². The summed E-state index contributed by atoms with van der Waals surface area (Å²) in [4.78, 5) is 20.1. The lowest BCUT2D eigenvalue weighted by atomic mass is 10.1. The fraction of sp³-hybridized carbons (Fsp3) is 0.316. The maximum Gasteiger partial charge on any atom is 0.417 e. The lowest BCUT2D eigenvalue weighted by Gasteiger charge is -2.11. The van der Waals surface area contributed by atoms with Gasteiger partial charge in [0.1, 0.15) is 11.3 Å². The summed E-state index contributed by atoms with van der Waals surface area (Å²) in [5.41, 5.74) is -0.926. The Morgan fingerprint density at radius 2 is 1.81 bits per heavy atom. The van der Waals surface area contributed by atoms with E-state index in [9.17, 15) is 30.6 Å². The summed E-state index contributed by atoms with van der Waals surface area (Å²) in [6.45, 7) is 1.41. The van der Waals surface area contributed by atoms with Gasteiger partial charge in [-0.2, -0.15) is 17.5 Å². The normalized spacial score (nSPS) is 12.8. The first-order valence-electron chi connectivity index (χ1n) is 9.12. The molecule has 0 aliphatic carbocycles. The fourth-order valence-electron chi connectivity index (χ4n) is 2.98. The number of alkyl halides is 3. The van der Waals surface area contributed by atoms with Gasteiger partial charge in [-0.3, -0.25) is 4.79 Å². The molecule has 0 radical (unpaired) electrons. The molecule has 0 aliphatic rings. The summed E-state index contributed by atoms with van der Waals surface area (Å²) in [5.74, 6) is -1.09. The van der Waals surface area contributed by atoms with Gasteiger partial charge in [-0.25, -0.2) is 22.6 Å². The van der Waals surface area contributed by atoms with E-state index < -0.39 is 37.2 Å². The van der Waals surface area contributed by atoms with Crippen LogP contribution in [0.1, 0.15) is 22.8 Å². The monoisotopic (exact) mass is 488 g/mol. The van der Waals surface area contributed by atoms with Gasteiger partial charge in [0.25, 0.3) is 5.91 Å². The summed E-state index contributed by atoms with van der Waals surface area (Å²) < 4.78 is 81.4. The van der Waals surface area contributed by atoms with Crippen LogP contribution < -0.4 is 0 Å². The number of hydrogen-bond donors (Lipinski definition) is 0. The summed E-state index contributed by atoms with van der Waals surface area (Å²) >= 11 is 0. The first-order chi connectivity index (χ1) is 14.6. The molecule has 0 aliphatic heterocycles. The maximum absolute atomic E-state index is 13.0. The van der Waals surface area contributed by atoms with Crippen LogP contribution in [-0.2, 0) is 32.8 Å². The number of rotatable bonds is 4. The molecule has 1 amide bonds. The van der Waals surface area contributed by atoms with Crippen LogP contribution in [0.25, 0.3) is 22.6 Å². The lowest BCUT2D eigenvalue weighted by molar-refractivity contribution is -0.137. The Morgan fingerprint density at radius 1 is 1.16 bits per heavy atom. The van der Waals surface area contributed by atoms with Crippen molar-refractivity contribution in [1.29, 1.82) is 0 Å². The smallest absolute Gasteiger partial charge is 0.312 e. The van der Waals surface area contributed by atoms with Gasteiger partial charge in [0, 0.05) is 46.6 Å². The zero-order valence-corrected chi connectivity index (χ0v) is 19.1. The van der Waals surface area contributed by atoms with Gasteiger partial charge in [-0.1, -0.05) is 6.92 Å². The topological polar surface area (TPSA) is 111 Å². The number of imidazole rings is 1. The van der Waals surface area contributed by atoms with Crippen LogP contribution in [0.5, 0.6) is 0 Å². The van der Waals surface area contributed by atoms with Crippen molar-refractivity contribution in [3.05, 3.63) is 41.6 Å². The van der Waals surface area contributed by atoms with Crippen molar-refractivity contribution in [3.63, 3.8) is 0 Å². The minimum atomic E-state index is -4.61. The van der Waals surface area contributed by atoms with Gasteiger partial charge in [0.2, 0.25) is 0 Å². The fourth-order valence-corrected chi connectivity index (χ4v) is 4.59. The zero-order chi connectivity index (χ0) is 24.1. The van der Waals surface area contributed by atoms with Crippen LogP contribution >= 0.6 is 0 Å². The predicted octanol–water partition coefficient (Wildman–Crippen LogP) is 3.32. The number of sulfone groups is 1. The number of fused-ring (bicyclic) bond motifs is 1. The number of aryl methyl sites for hydroxylation is 1. The molecule has 0 saturated heterocycles. The molecule has 0 atom stereocenters. The van der Waals surface area contributed by atoms with E-state index in [2.05, 4.69) is 14.3 Å². The summed E-state index contributed by atoms with van der Waals surface area (Å²) in [6.07, 6.45) is -1.40. The van der Waals surface area contributed by atoms with E-state index in [1.807, 2.05) is 0 Å². The first-order valence-corrected chi connectivity index (χ1v) is 13.1. The number of aromatic nitrogens is 3. The minimum absolute atomic E-state index is 0.0598. The van der Waals surface area contributed by atoms with E-state index >= 15 is 0 Å². The first kappa shape index (κ1) is 23.9. The van der Waals surface area contributed by atoms with Crippen LogP contribution in [0.3, 0.4) is 0 Å². The minimum Gasteiger partial charge on any atom is -0.312 e. The number of benzene rings is 1. The number of hydrogen-bond acceptors (Lipinski definition) is 6. The van der Waals surface area contributed by atoms with Gasteiger partial charge < -0.3 is 4.57 Å². The third kappa shape index (κ3) is 4.67. The van der Waals surface area contributed by atoms with E-state index in [1.165, 1.54) is 43.2 Å². The molecule has 8 nitrogen and oxygen atoms in total. The highest BCUT2D eigenvalue weighted by atomic mass is 32.2. The van der Waals surface area contributed by atoms with Gasteiger partial charge in [0.15, 0.2) is 15.5 Å². The molecule has 2 heterocycles. The summed E-state index contributed by atoms with van der Waals surface area (Å²) in [7, 11) is -5.16. The van der Waals surface area contributed by atoms with E-state index in [4.69, 9.17) is 0 Å². The molecule has 3 aromatic rings. The van der Waals surface area contributed by atoms with Crippen LogP contribution in [0.15, 0.2) is 39.7 Å². The molecule has 2 aromatic heterocycles. The van der Waals surface area contributed by atoms with Crippen molar-refractivity contribution < 1.29 is 30.6 Å². The zero-order valence-electron chi connectivity index (χ0n) is 17.5. The second-order valence-electron chi connectivity index (χ2n) is 7.25. The Bertz CT molecular complexity index is 1460. The Kier molecular flexibility index (Phi) is 5.93. The molecule has 0 N–H and O–H groups in total. The van der Waals surface area contributed by atoms with E-state index in [0.717, 1.165) is 12.1 Å². The van der Waals surface area contributed by atoms with Gasteiger partial charge >= 0.3 is 6.18 Å². The highest BCUT2D eigenvalue weighted by molar-refractivity contribution is 7.92. The highest BCUT2D eigenvalue weighted by Crippen LogP contribution is 2.33. The van der Waals surface area contributed by atoms with Crippen molar-refractivity contribution >= 4 is 36.6 Å². The van der Waals surface area contributed by atoms with Crippen LogP contribution in [0.4, 0.5) is 13.2 Å². The lowest BCUT2D eigenvalue weighted by Crippen LogP contribution is -2.10. The third-order valence-corrected chi connectivity index (χ3v) is 6.90. The molecule has 3 rings (SSSR count). The Balaban J connectivity index is 2.27. The van der Waals surface area contributed by atoms with Crippen molar-refractivity contribution in [2.75, 3.05) is 18.3 Å².